The molecule has 1 aliphatic heterocycles. The highest BCUT2D eigenvalue weighted by molar-refractivity contribution is 5.98. The maximum atomic E-state index is 12.9. The Hall–Kier alpha value is -1.95. The topological polar surface area (TPSA) is 74.0 Å². The Kier molecular flexibility index (Phi) is 5.71. The van der Waals surface area contributed by atoms with Crippen molar-refractivity contribution in [2.24, 2.45) is 17.6 Å². The Balaban J connectivity index is 2.31. The van der Waals surface area contributed by atoms with Crippen LogP contribution in [0.15, 0.2) is 12.1 Å². The zero-order chi connectivity index (χ0) is 17.0. The minimum Gasteiger partial charge on any atom is -0.496 e. The third kappa shape index (κ3) is 3.52. The number of methoxy groups -OCH3 is 3. The molecule has 2 unspecified atom stereocenters. The maximum absolute atomic E-state index is 12.9. The van der Waals surface area contributed by atoms with Gasteiger partial charge < -0.3 is 24.8 Å². The van der Waals surface area contributed by atoms with Gasteiger partial charge in [0.15, 0.2) is 11.5 Å². The fourth-order valence-corrected chi connectivity index (χ4v) is 3.01. The van der Waals surface area contributed by atoms with Gasteiger partial charge in [0.1, 0.15) is 5.75 Å². The van der Waals surface area contributed by atoms with Gasteiger partial charge in [0.25, 0.3) is 5.91 Å². The molecule has 1 fully saturated rings. The fraction of sp³-hybridized carbons (Fsp3) is 0.588. The molecule has 2 N–H and O–H groups in total. The lowest BCUT2D eigenvalue weighted by Gasteiger charge is -2.36. The molecule has 0 aliphatic carbocycles. The average Bonchev–Trinajstić information content (AvgIpc) is 2.60. The zero-order valence-electron chi connectivity index (χ0n) is 14.3. The van der Waals surface area contributed by atoms with Crippen molar-refractivity contribution in [1.82, 2.24) is 4.90 Å². The first-order valence-electron chi connectivity index (χ1n) is 7.85. The number of carbonyl (C=O) groups is 1. The minimum atomic E-state index is -0.0619. The summed E-state index contributed by atoms with van der Waals surface area (Å²) in [5.41, 5.74) is 6.32. The number of hydrogen-bond donors (Lipinski definition) is 1. The van der Waals surface area contributed by atoms with Crippen LogP contribution in [-0.2, 0) is 0 Å². The highest BCUT2D eigenvalue weighted by Crippen LogP contribution is 2.36. The van der Waals surface area contributed by atoms with Crippen LogP contribution in [0.2, 0.25) is 0 Å². The number of benzene rings is 1. The van der Waals surface area contributed by atoms with Crippen molar-refractivity contribution in [3.05, 3.63) is 17.7 Å². The first kappa shape index (κ1) is 17.4. The zero-order valence-corrected chi connectivity index (χ0v) is 14.3. The standard InChI is InChI=1S/C17H26N2O4/c1-11-5-6-19(10-12(11)9-18)17(20)13-7-15(22-3)16(23-4)8-14(13)21-2/h7-8,11-12H,5-6,9-10,18H2,1-4H3. The van der Waals surface area contributed by atoms with E-state index in [-0.39, 0.29) is 5.91 Å². The van der Waals surface area contributed by atoms with Crippen molar-refractivity contribution in [1.29, 1.82) is 0 Å². The maximum Gasteiger partial charge on any atom is 0.257 e. The van der Waals surface area contributed by atoms with E-state index in [0.717, 1.165) is 13.0 Å². The smallest absolute Gasteiger partial charge is 0.257 e. The second-order valence-corrected chi connectivity index (χ2v) is 5.92. The van der Waals surface area contributed by atoms with Crippen molar-refractivity contribution in [3.8, 4) is 17.2 Å². The van der Waals surface area contributed by atoms with E-state index in [4.69, 9.17) is 19.9 Å². The number of nitrogens with two attached hydrogens (primary N) is 1. The number of piperidine rings is 1. The van der Waals surface area contributed by atoms with Gasteiger partial charge in [0.2, 0.25) is 0 Å². The normalized spacial score (nSPS) is 21.0. The van der Waals surface area contributed by atoms with Gasteiger partial charge in [-0.1, -0.05) is 6.92 Å². The molecule has 0 spiro atoms. The second-order valence-electron chi connectivity index (χ2n) is 5.92. The van der Waals surface area contributed by atoms with E-state index in [0.29, 0.717) is 47.7 Å². The highest BCUT2D eigenvalue weighted by atomic mass is 16.5. The number of amides is 1. The summed E-state index contributed by atoms with van der Waals surface area (Å²) >= 11 is 0. The Bertz CT molecular complexity index is 562. The third-order valence-corrected chi connectivity index (χ3v) is 4.64. The summed E-state index contributed by atoms with van der Waals surface area (Å²) in [5, 5.41) is 0. The lowest BCUT2D eigenvalue weighted by Crippen LogP contribution is -2.45. The Morgan fingerprint density at radius 2 is 1.78 bits per heavy atom. The molecule has 1 amide bonds. The summed E-state index contributed by atoms with van der Waals surface area (Å²) < 4.78 is 15.9. The van der Waals surface area contributed by atoms with Crippen LogP contribution in [-0.4, -0.2) is 51.8 Å². The van der Waals surface area contributed by atoms with Gasteiger partial charge in [-0.3, -0.25) is 4.79 Å². The molecule has 0 bridgehead atoms. The molecule has 2 rings (SSSR count). The molecule has 1 heterocycles. The summed E-state index contributed by atoms with van der Waals surface area (Å²) in [7, 11) is 4.64. The molecule has 0 saturated carbocycles. The third-order valence-electron chi connectivity index (χ3n) is 4.64. The van der Waals surface area contributed by atoms with Crippen LogP contribution in [0.3, 0.4) is 0 Å². The van der Waals surface area contributed by atoms with Crippen LogP contribution in [0.25, 0.3) is 0 Å². The molecule has 1 aromatic carbocycles. The van der Waals surface area contributed by atoms with E-state index in [1.807, 2.05) is 4.90 Å². The van der Waals surface area contributed by atoms with Crippen molar-refractivity contribution in [2.45, 2.75) is 13.3 Å². The molecular formula is C17H26N2O4. The monoisotopic (exact) mass is 322 g/mol. The van der Waals surface area contributed by atoms with Crippen LogP contribution in [0.4, 0.5) is 0 Å². The first-order valence-corrected chi connectivity index (χ1v) is 7.85. The molecule has 128 valence electrons. The number of nitrogens with zero attached hydrogens (tertiary/aromatic N) is 1. The van der Waals surface area contributed by atoms with Crippen LogP contribution in [0.5, 0.6) is 17.2 Å². The number of rotatable bonds is 5. The van der Waals surface area contributed by atoms with Gasteiger partial charge >= 0.3 is 0 Å². The summed E-state index contributed by atoms with van der Waals surface area (Å²) in [6.07, 6.45) is 0.962. The highest BCUT2D eigenvalue weighted by Gasteiger charge is 2.30. The lowest BCUT2D eigenvalue weighted by atomic mass is 9.87. The first-order chi connectivity index (χ1) is 11.0. The summed E-state index contributed by atoms with van der Waals surface area (Å²) in [5.74, 6) is 2.34. The van der Waals surface area contributed by atoms with Crippen molar-refractivity contribution in [2.75, 3.05) is 41.0 Å². The van der Waals surface area contributed by atoms with E-state index in [1.165, 1.54) is 0 Å². The van der Waals surface area contributed by atoms with E-state index in [2.05, 4.69) is 6.92 Å². The van der Waals surface area contributed by atoms with Crippen molar-refractivity contribution < 1.29 is 19.0 Å². The van der Waals surface area contributed by atoms with Crippen LogP contribution < -0.4 is 19.9 Å². The van der Waals surface area contributed by atoms with E-state index >= 15 is 0 Å². The lowest BCUT2D eigenvalue weighted by molar-refractivity contribution is 0.0615. The number of ether oxygens (including phenoxy) is 3. The minimum absolute atomic E-state index is 0.0619. The largest absolute Gasteiger partial charge is 0.496 e. The van der Waals surface area contributed by atoms with E-state index in [9.17, 15) is 4.79 Å². The predicted octanol–water partition coefficient (Wildman–Crippen LogP) is 1.77. The molecule has 23 heavy (non-hydrogen) atoms. The molecule has 6 heteroatoms. The second kappa shape index (κ2) is 7.55. The van der Waals surface area contributed by atoms with Gasteiger partial charge in [0.05, 0.1) is 26.9 Å². The molecular weight excluding hydrogens is 296 g/mol. The van der Waals surface area contributed by atoms with Crippen molar-refractivity contribution in [3.63, 3.8) is 0 Å². The Morgan fingerprint density at radius 3 is 2.35 bits per heavy atom. The van der Waals surface area contributed by atoms with Gasteiger partial charge in [-0.2, -0.15) is 0 Å². The van der Waals surface area contributed by atoms with Crippen LogP contribution >= 0.6 is 0 Å². The summed E-state index contributed by atoms with van der Waals surface area (Å²) in [4.78, 5) is 14.8. The SMILES string of the molecule is COc1cc(OC)c(C(=O)N2CCC(C)C(CN)C2)cc1OC. The van der Waals surface area contributed by atoms with E-state index < -0.39 is 0 Å². The van der Waals surface area contributed by atoms with Gasteiger partial charge in [-0.05, 0) is 24.8 Å². The van der Waals surface area contributed by atoms with Gasteiger partial charge in [-0.25, -0.2) is 0 Å². The summed E-state index contributed by atoms with van der Waals surface area (Å²) in [6.45, 7) is 4.19. The number of likely N-dealkylation sites (tertiary alicyclic amines) is 1. The molecule has 2 atom stereocenters. The number of hydrogen-bond acceptors (Lipinski definition) is 5. The Labute approximate surface area is 137 Å². The molecule has 0 radical (unpaired) electrons. The summed E-state index contributed by atoms with van der Waals surface area (Å²) in [6, 6.07) is 3.36. The predicted molar refractivity (Wildman–Crippen MR) is 88.3 cm³/mol. The molecule has 0 aromatic heterocycles. The van der Waals surface area contributed by atoms with Gasteiger partial charge in [-0.15, -0.1) is 0 Å². The average molecular weight is 322 g/mol. The van der Waals surface area contributed by atoms with Crippen molar-refractivity contribution >= 4 is 5.91 Å². The van der Waals surface area contributed by atoms with E-state index in [1.54, 1.807) is 33.5 Å². The van der Waals surface area contributed by atoms with Gasteiger partial charge in [0, 0.05) is 25.2 Å². The molecule has 6 nitrogen and oxygen atoms in total. The van der Waals surface area contributed by atoms with Crippen LogP contribution in [0.1, 0.15) is 23.7 Å². The number of carbonyl (C=O) groups excluding carboxylic acids is 1. The Morgan fingerprint density at radius 1 is 1.17 bits per heavy atom. The molecule has 1 saturated heterocycles. The fourth-order valence-electron chi connectivity index (χ4n) is 3.01. The van der Waals surface area contributed by atoms with Crippen LogP contribution in [0, 0.1) is 11.8 Å². The molecule has 1 aromatic rings. The quantitative estimate of drug-likeness (QED) is 0.894. The molecule has 1 aliphatic rings.